The first kappa shape index (κ1) is 14.2. The third-order valence-electron chi connectivity index (χ3n) is 3.11. The normalized spacial score (nSPS) is 10.3. The average molecular weight is 272 g/mol. The van der Waals surface area contributed by atoms with Crippen molar-refractivity contribution in [1.82, 2.24) is 15.0 Å². The summed E-state index contributed by atoms with van der Waals surface area (Å²) in [6.45, 7) is 7.26. The minimum atomic E-state index is 0.595. The van der Waals surface area contributed by atoms with E-state index in [4.69, 9.17) is 4.74 Å². The van der Waals surface area contributed by atoms with Gasteiger partial charge in [-0.15, -0.1) is 0 Å². The van der Waals surface area contributed by atoms with Gasteiger partial charge in [-0.3, -0.25) is 4.98 Å². The van der Waals surface area contributed by atoms with Gasteiger partial charge in [-0.1, -0.05) is 13.0 Å². The Morgan fingerprint density at radius 1 is 1.20 bits per heavy atom. The maximum absolute atomic E-state index is 5.47. The molecule has 2 aromatic rings. The van der Waals surface area contributed by atoms with Crippen LogP contribution in [0.3, 0.4) is 0 Å². The molecule has 0 radical (unpaired) electrons. The van der Waals surface area contributed by atoms with E-state index >= 15 is 0 Å². The van der Waals surface area contributed by atoms with Crippen molar-refractivity contribution in [2.45, 2.75) is 33.7 Å². The smallest absolute Gasteiger partial charge is 0.221 e. The van der Waals surface area contributed by atoms with Gasteiger partial charge in [-0.2, -0.15) is 0 Å². The molecule has 0 aliphatic carbocycles. The first-order valence-electron chi connectivity index (χ1n) is 6.87. The number of aromatic nitrogens is 3. The van der Waals surface area contributed by atoms with Crippen molar-refractivity contribution in [2.75, 3.05) is 11.9 Å². The lowest BCUT2D eigenvalue weighted by molar-refractivity contribution is 0.324. The number of pyridine rings is 1. The highest BCUT2D eigenvalue weighted by Crippen LogP contribution is 2.21. The zero-order chi connectivity index (χ0) is 14.4. The van der Waals surface area contributed by atoms with E-state index in [9.17, 15) is 0 Å². The van der Waals surface area contributed by atoms with Gasteiger partial charge < -0.3 is 10.1 Å². The number of hydrogen-bond acceptors (Lipinski definition) is 5. The predicted molar refractivity (Wildman–Crippen MR) is 78.9 cm³/mol. The van der Waals surface area contributed by atoms with Crippen molar-refractivity contribution in [3.63, 3.8) is 0 Å². The Hall–Kier alpha value is -2.17. The number of nitrogens with one attached hydrogen (secondary N) is 1. The Bertz CT molecular complexity index is 572. The second-order valence-corrected chi connectivity index (χ2v) is 4.40. The summed E-state index contributed by atoms with van der Waals surface area (Å²) in [5, 5.41) is 3.31. The zero-order valence-electron chi connectivity index (χ0n) is 12.2. The van der Waals surface area contributed by atoms with Gasteiger partial charge in [0.2, 0.25) is 5.88 Å². The number of hydrogen-bond donors (Lipinski definition) is 1. The maximum Gasteiger partial charge on any atom is 0.221 e. The van der Waals surface area contributed by atoms with Gasteiger partial charge in [0.15, 0.2) is 0 Å². The molecule has 1 N–H and O–H groups in total. The monoisotopic (exact) mass is 272 g/mol. The molecule has 0 fully saturated rings. The molecule has 106 valence electrons. The molecule has 0 spiro atoms. The summed E-state index contributed by atoms with van der Waals surface area (Å²) >= 11 is 0. The lowest BCUT2D eigenvalue weighted by Crippen LogP contribution is -2.08. The molecule has 0 amide bonds. The number of rotatable bonds is 6. The van der Waals surface area contributed by atoms with Crippen LogP contribution in [-0.2, 0) is 13.0 Å². The Labute approximate surface area is 119 Å². The topological polar surface area (TPSA) is 59.9 Å². The second kappa shape index (κ2) is 6.84. The fourth-order valence-electron chi connectivity index (χ4n) is 2.01. The molecular weight excluding hydrogens is 252 g/mol. The molecule has 0 aliphatic rings. The van der Waals surface area contributed by atoms with Crippen molar-refractivity contribution >= 4 is 5.82 Å². The first-order valence-corrected chi connectivity index (χ1v) is 6.87. The van der Waals surface area contributed by atoms with Gasteiger partial charge >= 0.3 is 0 Å². The summed E-state index contributed by atoms with van der Waals surface area (Å²) in [5.41, 5.74) is 3.21. The van der Waals surface area contributed by atoms with Crippen LogP contribution in [0.2, 0.25) is 0 Å². The summed E-state index contributed by atoms with van der Waals surface area (Å²) in [4.78, 5) is 12.8. The molecule has 5 heteroatoms. The lowest BCUT2D eigenvalue weighted by Gasteiger charge is -2.12. The van der Waals surface area contributed by atoms with Crippen LogP contribution in [0.15, 0.2) is 24.7 Å². The summed E-state index contributed by atoms with van der Waals surface area (Å²) in [5.74, 6) is 1.41. The van der Waals surface area contributed by atoms with E-state index in [0.29, 0.717) is 19.0 Å². The number of nitrogens with zero attached hydrogens (tertiary/aromatic N) is 3. The minimum absolute atomic E-state index is 0.595. The van der Waals surface area contributed by atoms with E-state index in [1.54, 1.807) is 0 Å². The molecule has 20 heavy (non-hydrogen) atoms. The SMILES string of the molecule is CCOc1ncnc(NCc2ncccc2CC)c1C. The van der Waals surface area contributed by atoms with E-state index in [-0.39, 0.29) is 0 Å². The highest BCUT2D eigenvalue weighted by molar-refractivity contribution is 5.48. The molecule has 0 bridgehead atoms. The Morgan fingerprint density at radius 2 is 2.05 bits per heavy atom. The van der Waals surface area contributed by atoms with Crippen LogP contribution in [0, 0.1) is 6.92 Å². The largest absolute Gasteiger partial charge is 0.478 e. The quantitative estimate of drug-likeness (QED) is 0.876. The van der Waals surface area contributed by atoms with Crippen molar-refractivity contribution in [2.24, 2.45) is 0 Å². The fraction of sp³-hybridized carbons (Fsp3) is 0.400. The fourth-order valence-corrected chi connectivity index (χ4v) is 2.01. The second-order valence-electron chi connectivity index (χ2n) is 4.40. The molecule has 0 aromatic carbocycles. The van der Waals surface area contributed by atoms with Crippen LogP contribution in [0.5, 0.6) is 5.88 Å². The molecule has 0 aliphatic heterocycles. The Balaban J connectivity index is 2.13. The summed E-state index contributed by atoms with van der Waals surface area (Å²) in [7, 11) is 0. The van der Waals surface area contributed by atoms with Crippen molar-refractivity contribution in [3.8, 4) is 5.88 Å². The van der Waals surface area contributed by atoms with E-state index in [1.807, 2.05) is 26.1 Å². The van der Waals surface area contributed by atoms with Gasteiger partial charge in [0.25, 0.3) is 0 Å². The van der Waals surface area contributed by atoms with Crippen molar-refractivity contribution < 1.29 is 4.74 Å². The standard InChI is InChI=1S/C15H20N4O/c1-4-12-7-6-8-16-13(12)9-17-14-11(3)15(20-5-2)19-10-18-14/h6-8,10H,4-5,9H2,1-3H3,(H,17,18,19). The minimum Gasteiger partial charge on any atom is -0.478 e. The Kier molecular flexibility index (Phi) is 4.87. The summed E-state index contributed by atoms with van der Waals surface area (Å²) < 4.78 is 5.47. The van der Waals surface area contributed by atoms with Crippen LogP contribution >= 0.6 is 0 Å². The molecule has 5 nitrogen and oxygen atoms in total. The maximum atomic E-state index is 5.47. The third kappa shape index (κ3) is 3.23. The lowest BCUT2D eigenvalue weighted by atomic mass is 10.1. The number of ether oxygens (including phenoxy) is 1. The van der Waals surface area contributed by atoms with Crippen LogP contribution in [0.25, 0.3) is 0 Å². The first-order chi connectivity index (χ1) is 9.76. The molecule has 0 atom stereocenters. The summed E-state index contributed by atoms with van der Waals surface area (Å²) in [6.07, 6.45) is 4.30. The highest BCUT2D eigenvalue weighted by Gasteiger charge is 2.08. The van der Waals surface area contributed by atoms with Gasteiger partial charge in [0, 0.05) is 6.20 Å². The summed E-state index contributed by atoms with van der Waals surface area (Å²) in [6, 6.07) is 4.06. The van der Waals surface area contributed by atoms with Crippen LogP contribution < -0.4 is 10.1 Å². The van der Waals surface area contributed by atoms with Crippen LogP contribution in [0.4, 0.5) is 5.82 Å². The number of aryl methyl sites for hydroxylation is 1. The van der Waals surface area contributed by atoms with Gasteiger partial charge in [-0.05, 0) is 31.9 Å². The van der Waals surface area contributed by atoms with Crippen LogP contribution in [0.1, 0.15) is 30.7 Å². The Morgan fingerprint density at radius 3 is 2.80 bits per heavy atom. The van der Waals surface area contributed by atoms with Gasteiger partial charge in [-0.25, -0.2) is 9.97 Å². The predicted octanol–water partition coefficient (Wildman–Crippen LogP) is 2.75. The van der Waals surface area contributed by atoms with E-state index in [0.717, 1.165) is 23.5 Å². The van der Waals surface area contributed by atoms with Gasteiger partial charge in [0.05, 0.1) is 24.4 Å². The average Bonchev–Trinajstić information content (AvgIpc) is 2.48. The third-order valence-corrected chi connectivity index (χ3v) is 3.11. The molecule has 0 saturated carbocycles. The molecular formula is C15H20N4O. The van der Waals surface area contributed by atoms with Crippen LogP contribution in [-0.4, -0.2) is 21.6 Å². The molecule has 0 unspecified atom stereocenters. The highest BCUT2D eigenvalue weighted by atomic mass is 16.5. The molecule has 2 rings (SSSR count). The zero-order valence-corrected chi connectivity index (χ0v) is 12.2. The van der Waals surface area contributed by atoms with E-state index in [2.05, 4.69) is 33.3 Å². The van der Waals surface area contributed by atoms with Crippen molar-refractivity contribution in [3.05, 3.63) is 41.5 Å². The van der Waals surface area contributed by atoms with Gasteiger partial charge in [0.1, 0.15) is 12.1 Å². The van der Waals surface area contributed by atoms with E-state index < -0.39 is 0 Å². The molecule has 2 aromatic heterocycles. The van der Waals surface area contributed by atoms with Crippen molar-refractivity contribution in [1.29, 1.82) is 0 Å². The van der Waals surface area contributed by atoms with E-state index in [1.165, 1.54) is 11.9 Å². The molecule has 0 saturated heterocycles. The molecule has 2 heterocycles. The number of anilines is 1.